The standard InChI is InChI=1S/C15H20N4O3S/c1-17(2)13-4-5-14-12(8-13)9-19(6-7-22-14)23(20,21)15-10-18(3)11-16-15/h4-5,8,10-11H,6-7,9H2,1-3H3. The Labute approximate surface area is 136 Å². The van der Waals surface area contributed by atoms with Crippen molar-refractivity contribution in [1.82, 2.24) is 13.9 Å². The molecule has 0 unspecified atom stereocenters. The van der Waals surface area contributed by atoms with Gasteiger partial charge < -0.3 is 14.2 Å². The van der Waals surface area contributed by atoms with E-state index < -0.39 is 10.0 Å². The van der Waals surface area contributed by atoms with E-state index in [1.54, 1.807) is 11.6 Å². The molecule has 0 saturated heterocycles. The van der Waals surface area contributed by atoms with Crippen LogP contribution < -0.4 is 9.64 Å². The Bertz CT molecular complexity index is 814. The van der Waals surface area contributed by atoms with Crippen molar-refractivity contribution >= 4 is 15.7 Å². The van der Waals surface area contributed by atoms with Crippen LogP contribution in [0.5, 0.6) is 5.75 Å². The number of hydrogen-bond donors (Lipinski definition) is 0. The van der Waals surface area contributed by atoms with Gasteiger partial charge in [0.2, 0.25) is 0 Å². The van der Waals surface area contributed by atoms with Gasteiger partial charge in [-0.25, -0.2) is 13.4 Å². The molecule has 0 spiro atoms. The van der Waals surface area contributed by atoms with E-state index in [9.17, 15) is 8.42 Å². The van der Waals surface area contributed by atoms with Crippen molar-refractivity contribution in [2.45, 2.75) is 11.6 Å². The molecule has 8 heteroatoms. The molecule has 1 aliphatic heterocycles. The molecular formula is C15H20N4O3S. The zero-order chi connectivity index (χ0) is 16.6. The highest BCUT2D eigenvalue weighted by atomic mass is 32.2. The maximum atomic E-state index is 12.8. The molecule has 0 N–H and O–H groups in total. The molecule has 1 aromatic carbocycles. The normalized spacial score (nSPS) is 15.6. The molecule has 0 radical (unpaired) electrons. The zero-order valence-corrected chi connectivity index (χ0v) is 14.2. The molecule has 0 fully saturated rings. The molecule has 2 heterocycles. The topological polar surface area (TPSA) is 67.7 Å². The van der Waals surface area contributed by atoms with Gasteiger partial charge in [-0.3, -0.25) is 0 Å². The summed E-state index contributed by atoms with van der Waals surface area (Å²) in [6.07, 6.45) is 3.00. The van der Waals surface area contributed by atoms with E-state index in [2.05, 4.69) is 4.98 Å². The van der Waals surface area contributed by atoms with Crippen molar-refractivity contribution in [2.24, 2.45) is 7.05 Å². The monoisotopic (exact) mass is 336 g/mol. The lowest BCUT2D eigenvalue weighted by Crippen LogP contribution is -2.32. The molecule has 1 aliphatic rings. The van der Waals surface area contributed by atoms with Crippen LogP contribution in [0.2, 0.25) is 0 Å². The van der Waals surface area contributed by atoms with Crippen LogP contribution in [0.25, 0.3) is 0 Å². The molecule has 0 amide bonds. The Morgan fingerprint density at radius 3 is 2.74 bits per heavy atom. The van der Waals surface area contributed by atoms with E-state index >= 15 is 0 Å². The van der Waals surface area contributed by atoms with Gasteiger partial charge in [-0.1, -0.05) is 0 Å². The van der Waals surface area contributed by atoms with Crippen molar-refractivity contribution in [3.63, 3.8) is 0 Å². The summed E-state index contributed by atoms with van der Waals surface area (Å²) >= 11 is 0. The number of sulfonamides is 1. The lowest BCUT2D eigenvalue weighted by atomic mass is 10.1. The van der Waals surface area contributed by atoms with Crippen molar-refractivity contribution < 1.29 is 13.2 Å². The number of imidazole rings is 1. The van der Waals surface area contributed by atoms with Gasteiger partial charge >= 0.3 is 0 Å². The fourth-order valence-electron chi connectivity index (χ4n) is 2.49. The van der Waals surface area contributed by atoms with Crippen LogP contribution in [-0.4, -0.2) is 49.5 Å². The van der Waals surface area contributed by atoms with Crippen molar-refractivity contribution in [3.05, 3.63) is 36.3 Å². The summed E-state index contributed by atoms with van der Waals surface area (Å²) in [5.74, 6) is 0.731. The van der Waals surface area contributed by atoms with Crippen molar-refractivity contribution in [1.29, 1.82) is 0 Å². The number of ether oxygens (including phenoxy) is 1. The van der Waals surface area contributed by atoms with Crippen LogP contribution in [-0.2, 0) is 23.6 Å². The Morgan fingerprint density at radius 1 is 1.30 bits per heavy atom. The Hall–Kier alpha value is -2.06. The zero-order valence-electron chi connectivity index (χ0n) is 13.4. The predicted molar refractivity (Wildman–Crippen MR) is 87.1 cm³/mol. The molecule has 124 valence electrons. The van der Waals surface area contributed by atoms with Crippen LogP contribution in [0, 0.1) is 0 Å². The molecule has 7 nitrogen and oxygen atoms in total. The number of anilines is 1. The number of rotatable bonds is 3. The Kier molecular flexibility index (Phi) is 4.03. The lowest BCUT2D eigenvalue weighted by Gasteiger charge is -2.19. The summed E-state index contributed by atoms with van der Waals surface area (Å²) in [7, 11) is 2.01. The van der Waals surface area contributed by atoms with Gasteiger partial charge in [0, 0.05) is 51.7 Å². The molecule has 0 bridgehead atoms. The molecule has 0 atom stereocenters. The number of benzene rings is 1. The van der Waals surface area contributed by atoms with Gasteiger partial charge in [0.1, 0.15) is 12.4 Å². The highest BCUT2D eigenvalue weighted by Gasteiger charge is 2.29. The smallest absolute Gasteiger partial charge is 0.262 e. The first-order valence-electron chi connectivity index (χ1n) is 7.29. The molecular weight excluding hydrogens is 316 g/mol. The molecule has 0 aliphatic carbocycles. The SMILES string of the molecule is CN(C)c1ccc2c(c1)CN(S(=O)(=O)c1cn(C)cn1)CCO2. The first kappa shape index (κ1) is 15.8. The van der Waals surface area contributed by atoms with Crippen LogP contribution in [0.3, 0.4) is 0 Å². The van der Waals surface area contributed by atoms with Crippen LogP contribution in [0.4, 0.5) is 5.69 Å². The fraction of sp³-hybridized carbons (Fsp3) is 0.400. The van der Waals surface area contributed by atoms with E-state index in [4.69, 9.17) is 4.74 Å². The Balaban J connectivity index is 1.95. The number of aryl methyl sites for hydroxylation is 1. The number of hydrogen-bond acceptors (Lipinski definition) is 5. The van der Waals surface area contributed by atoms with Crippen molar-refractivity contribution in [2.75, 3.05) is 32.1 Å². The minimum Gasteiger partial charge on any atom is -0.492 e. The van der Waals surface area contributed by atoms with Crippen LogP contribution in [0.15, 0.2) is 35.7 Å². The minimum absolute atomic E-state index is 0.0622. The van der Waals surface area contributed by atoms with E-state index in [0.29, 0.717) is 13.2 Å². The first-order valence-corrected chi connectivity index (χ1v) is 8.73. The summed E-state index contributed by atoms with van der Waals surface area (Å²) < 4.78 is 34.3. The van der Waals surface area contributed by atoms with E-state index in [0.717, 1.165) is 17.0 Å². The summed E-state index contributed by atoms with van der Waals surface area (Å²) in [5, 5.41) is 0.0622. The summed E-state index contributed by atoms with van der Waals surface area (Å²) in [6.45, 7) is 0.890. The fourth-order valence-corrected chi connectivity index (χ4v) is 3.86. The second kappa shape index (κ2) is 5.86. The highest BCUT2D eigenvalue weighted by Crippen LogP contribution is 2.29. The van der Waals surface area contributed by atoms with Gasteiger partial charge in [0.05, 0.1) is 6.33 Å². The van der Waals surface area contributed by atoms with E-state index in [-0.39, 0.29) is 11.6 Å². The second-order valence-corrected chi connectivity index (χ2v) is 7.64. The second-order valence-electron chi connectivity index (χ2n) is 5.75. The average molecular weight is 336 g/mol. The van der Waals surface area contributed by atoms with Gasteiger partial charge in [-0.15, -0.1) is 0 Å². The molecule has 0 saturated carbocycles. The van der Waals surface area contributed by atoms with Gasteiger partial charge in [0.15, 0.2) is 5.03 Å². The van der Waals surface area contributed by atoms with E-state index in [1.807, 2.05) is 37.2 Å². The van der Waals surface area contributed by atoms with Gasteiger partial charge in [-0.05, 0) is 18.2 Å². The molecule has 3 rings (SSSR count). The summed E-state index contributed by atoms with van der Waals surface area (Å²) in [4.78, 5) is 5.95. The average Bonchev–Trinajstić information content (AvgIpc) is 2.83. The van der Waals surface area contributed by atoms with Crippen molar-refractivity contribution in [3.8, 4) is 5.75 Å². The van der Waals surface area contributed by atoms with Gasteiger partial charge in [0.25, 0.3) is 10.0 Å². The molecule has 23 heavy (non-hydrogen) atoms. The third kappa shape index (κ3) is 3.04. The summed E-state index contributed by atoms with van der Waals surface area (Å²) in [5.41, 5.74) is 1.86. The lowest BCUT2D eigenvalue weighted by molar-refractivity contribution is 0.292. The largest absolute Gasteiger partial charge is 0.492 e. The summed E-state index contributed by atoms with van der Waals surface area (Å²) in [6, 6.07) is 5.81. The Morgan fingerprint density at radius 2 is 2.09 bits per heavy atom. The molecule has 1 aromatic heterocycles. The van der Waals surface area contributed by atoms with E-state index in [1.165, 1.54) is 16.8 Å². The highest BCUT2D eigenvalue weighted by molar-refractivity contribution is 7.89. The third-order valence-electron chi connectivity index (χ3n) is 3.79. The number of nitrogens with zero attached hydrogens (tertiary/aromatic N) is 4. The first-order chi connectivity index (χ1) is 10.9. The van der Waals surface area contributed by atoms with Gasteiger partial charge in [-0.2, -0.15) is 4.31 Å². The molecule has 2 aromatic rings. The third-order valence-corrected chi connectivity index (χ3v) is 5.52. The predicted octanol–water partition coefficient (Wildman–Crippen LogP) is 1.07. The maximum Gasteiger partial charge on any atom is 0.262 e. The minimum atomic E-state index is -3.63. The maximum absolute atomic E-state index is 12.8. The number of aromatic nitrogens is 2. The van der Waals surface area contributed by atoms with Crippen LogP contribution >= 0.6 is 0 Å². The number of fused-ring (bicyclic) bond motifs is 1. The quantitative estimate of drug-likeness (QED) is 0.839. The van der Waals surface area contributed by atoms with Crippen LogP contribution in [0.1, 0.15) is 5.56 Å².